The highest BCUT2D eigenvalue weighted by molar-refractivity contribution is 6.32. The summed E-state index contributed by atoms with van der Waals surface area (Å²) in [6.45, 7) is 2.10. The SMILES string of the molecule is CCc1ccc(Cc2cc(C3OC(CO)C(O)C(O)C3O)c3c(c2Cl)CCO3)cc1. The average molecular weight is 435 g/mol. The Kier molecular flexibility index (Phi) is 6.34. The van der Waals surface area contributed by atoms with Crippen LogP contribution >= 0.6 is 11.6 Å². The first-order valence-corrected chi connectivity index (χ1v) is 10.7. The van der Waals surface area contributed by atoms with Crippen molar-refractivity contribution in [2.45, 2.75) is 56.7 Å². The molecule has 0 amide bonds. The molecule has 1 fully saturated rings. The third-order valence-electron chi connectivity index (χ3n) is 6.04. The van der Waals surface area contributed by atoms with Gasteiger partial charge in [0.15, 0.2) is 0 Å². The molecule has 6 nitrogen and oxygen atoms in total. The predicted molar refractivity (Wildman–Crippen MR) is 112 cm³/mol. The lowest BCUT2D eigenvalue weighted by atomic mass is 9.88. The molecule has 162 valence electrons. The van der Waals surface area contributed by atoms with Crippen molar-refractivity contribution >= 4 is 11.6 Å². The third-order valence-corrected chi connectivity index (χ3v) is 6.51. The Balaban J connectivity index is 1.73. The van der Waals surface area contributed by atoms with Crippen LogP contribution in [0.5, 0.6) is 5.75 Å². The standard InChI is InChI=1S/C23H27ClO6/c1-2-12-3-5-13(6-4-12)9-14-10-16(22-15(18(14)24)7-8-29-22)23-21(28)20(27)19(26)17(11-25)30-23/h3-6,10,17,19-21,23,25-28H,2,7-9,11H2,1H3. The minimum Gasteiger partial charge on any atom is -0.493 e. The van der Waals surface area contributed by atoms with E-state index in [9.17, 15) is 20.4 Å². The van der Waals surface area contributed by atoms with E-state index in [1.807, 2.05) is 6.07 Å². The van der Waals surface area contributed by atoms with E-state index in [0.717, 1.165) is 23.1 Å². The molecule has 5 unspecified atom stereocenters. The number of fused-ring (bicyclic) bond motifs is 1. The number of ether oxygens (including phenoxy) is 2. The van der Waals surface area contributed by atoms with Gasteiger partial charge >= 0.3 is 0 Å². The molecule has 4 N–H and O–H groups in total. The summed E-state index contributed by atoms with van der Waals surface area (Å²) in [5, 5.41) is 41.1. The molecule has 5 atom stereocenters. The zero-order valence-electron chi connectivity index (χ0n) is 16.8. The molecule has 0 bridgehead atoms. The maximum absolute atomic E-state index is 10.6. The molecule has 30 heavy (non-hydrogen) atoms. The maximum Gasteiger partial charge on any atom is 0.130 e. The van der Waals surface area contributed by atoms with Crippen LogP contribution in [0.25, 0.3) is 0 Å². The largest absolute Gasteiger partial charge is 0.493 e. The lowest BCUT2D eigenvalue weighted by molar-refractivity contribution is -0.232. The van der Waals surface area contributed by atoms with Crippen molar-refractivity contribution in [1.82, 2.24) is 0 Å². The van der Waals surface area contributed by atoms with E-state index >= 15 is 0 Å². The van der Waals surface area contributed by atoms with E-state index in [4.69, 9.17) is 21.1 Å². The van der Waals surface area contributed by atoms with Crippen LogP contribution in [0.2, 0.25) is 5.02 Å². The molecule has 0 aliphatic carbocycles. The zero-order chi connectivity index (χ0) is 21.4. The second-order valence-electron chi connectivity index (χ2n) is 7.94. The number of aliphatic hydroxyl groups excluding tert-OH is 4. The molecule has 7 heteroatoms. The second-order valence-corrected chi connectivity index (χ2v) is 8.32. The normalized spacial score (nSPS) is 28.3. The van der Waals surface area contributed by atoms with Gasteiger partial charge < -0.3 is 29.9 Å². The summed E-state index contributed by atoms with van der Waals surface area (Å²) in [6, 6.07) is 10.2. The van der Waals surface area contributed by atoms with Gasteiger partial charge in [0.2, 0.25) is 0 Å². The van der Waals surface area contributed by atoms with Crippen LogP contribution in [0.15, 0.2) is 30.3 Å². The highest BCUT2D eigenvalue weighted by atomic mass is 35.5. The van der Waals surface area contributed by atoms with Gasteiger partial charge in [-0.25, -0.2) is 0 Å². The van der Waals surface area contributed by atoms with E-state index in [2.05, 4.69) is 31.2 Å². The molecule has 0 radical (unpaired) electrons. The first-order valence-electron chi connectivity index (χ1n) is 10.3. The quantitative estimate of drug-likeness (QED) is 0.574. The molecule has 1 saturated heterocycles. The number of hydrogen-bond donors (Lipinski definition) is 4. The first kappa shape index (κ1) is 21.6. The molecular weight excluding hydrogens is 408 g/mol. The van der Waals surface area contributed by atoms with Crippen molar-refractivity contribution in [2.24, 2.45) is 0 Å². The van der Waals surface area contributed by atoms with Crippen molar-refractivity contribution in [3.05, 3.63) is 63.2 Å². The first-order chi connectivity index (χ1) is 14.4. The lowest BCUT2D eigenvalue weighted by Gasteiger charge is -2.40. The van der Waals surface area contributed by atoms with Gasteiger partial charge in [0.25, 0.3) is 0 Å². The molecule has 2 heterocycles. The van der Waals surface area contributed by atoms with Crippen LogP contribution in [0, 0.1) is 0 Å². The Morgan fingerprint density at radius 1 is 1.03 bits per heavy atom. The van der Waals surface area contributed by atoms with Crippen LogP contribution in [0.1, 0.15) is 40.8 Å². The van der Waals surface area contributed by atoms with Crippen LogP contribution in [-0.4, -0.2) is 58.1 Å². The minimum atomic E-state index is -1.45. The van der Waals surface area contributed by atoms with Gasteiger partial charge in [-0.3, -0.25) is 0 Å². The zero-order valence-corrected chi connectivity index (χ0v) is 17.5. The van der Waals surface area contributed by atoms with E-state index in [0.29, 0.717) is 35.8 Å². The summed E-state index contributed by atoms with van der Waals surface area (Å²) in [5.41, 5.74) is 4.66. The van der Waals surface area contributed by atoms with E-state index in [1.165, 1.54) is 5.56 Å². The van der Waals surface area contributed by atoms with Crippen LogP contribution < -0.4 is 4.74 Å². The highest BCUT2D eigenvalue weighted by Crippen LogP contribution is 2.45. The lowest BCUT2D eigenvalue weighted by Crippen LogP contribution is -2.55. The van der Waals surface area contributed by atoms with Gasteiger partial charge in [-0.15, -0.1) is 0 Å². The van der Waals surface area contributed by atoms with Crippen molar-refractivity contribution in [2.75, 3.05) is 13.2 Å². The van der Waals surface area contributed by atoms with Gasteiger partial charge in [0, 0.05) is 17.5 Å². The summed E-state index contributed by atoms with van der Waals surface area (Å²) in [7, 11) is 0. The smallest absolute Gasteiger partial charge is 0.130 e. The van der Waals surface area contributed by atoms with Crippen LogP contribution in [-0.2, 0) is 24.0 Å². The molecule has 2 aliphatic heterocycles. The number of rotatable bonds is 5. The number of hydrogen-bond acceptors (Lipinski definition) is 6. The van der Waals surface area contributed by atoms with Gasteiger partial charge in [-0.05, 0) is 35.6 Å². The van der Waals surface area contributed by atoms with Crippen LogP contribution in [0.4, 0.5) is 0 Å². The minimum absolute atomic E-state index is 0.466. The molecule has 4 rings (SSSR count). The summed E-state index contributed by atoms with van der Waals surface area (Å²) >= 11 is 6.71. The predicted octanol–water partition coefficient (Wildman–Crippen LogP) is 1.94. The van der Waals surface area contributed by atoms with E-state index < -0.39 is 37.1 Å². The molecule has 2 aromatic rings. The number of halogens is 1. The number of benzene rings is 2. The highest BCUT2D eigenvalue weighted by Gasteiger charge is 2.45. The average Bonchev–Trinajstić information content (AvgIpc) is 3.26. The van der Waals surface area contributed by atoms with Gasteiger partial charge in [0.05, 0.1) is 18.2 Å². The molecule has 2 aromatic carbocycles. The fraction of sp³-hybridized carbons (Fsp3) is 0.478. The van der Waals surface area contributed by atoms with Crippen molar-refractivity contribution in [1.29, 1.82) is 0 Å². The molecule has 0 aromatic heterocycles. The Hall–Kier alpha value is -1.67. The fourth-order valence-electron chi connectivity index (χ4n) is 4.24. The Morgan fingerprint density at radius 3 is 2.40 bits per heavy atom. The monoisotopic (exact) mass is 434 g/mol. The molecular formula is C23H27ClO6. The summed E-state index contributed by atoms with van der Waals surface area (Å²) in [5.74, 6) is 0.550. The topological polar surface area (TPSA) is 99.4 Å². The number of aliphatic hydroxyl groups is 4. The van der Waals surface area contributed by atoms with Crippen LogP contribution in [0.3, 0.4) is 0 Å². The molecule has 2 aliphatic rings. The Labute approximate surface area is 180 Å². The Bertz CT molecular complexity index is 898. The van der Waals surface area contributed by atoms with E-state index in [1.54, 1.807) is 0 Å². The molecule has 0 spiro atoms. The second kappa shape index (κ2) is 8.83. The number of aryl methyl sites for hydroxylation is 1. The van der Waals surface area contributed by atoms with Crippen molar-refractivity contribution < 1.29 is 29.9 Å². The van der Waals surface area contributed by atoms with Gasteiger partial charge in [0.1, 0.15) is 36.3 Å². The summed E-state index contributed by atoms with van der Waals surface area (Å²) in [4.78, 5) is 0. The van der Waals surface area contributed by atoms with Gasteiger partial charge in [-0.2, -0.15) is 0 Å². The fourth-order valence-corrected chi connectivity index (χ4v) is 4.55. The van der Waals surface area contributed by atoms with E-state index in [-0.39, 0.29) is 0 Å². The molecule has 0 saturated carbocycles. The maximum atomic E-state index is 10.6. The van der Waals surface area contributed by atoms with Crippen molar-refractivity contribution in [3.63, 3.8) is 0 Å². The summed E-state index contributed by atoms with van der Waals surface area (Å²) in [6.07, 6.45) is -3.94. The van der Waals surface area contributed by atoms with Crippen molar-refractivity contribution in [3.8, 4) is 5.75 Å². The third kappa shape index (κ3) is 3.84. The van der Waals surface area contributed by atoms with Gasteiger partial charge in [-0.1, -0.05) is 42.8 Å². The summed E-state index contributed by atoms with van der Waals surface area (Å²) < 4.78 is 11.6. The Morgan fingerprint density at radius 2 is 1.73 bits per heavy atom.